The lowest BCUT2D eigenvalue weighted by Crippen LogP contribution is -2.39. The molecule has 11 heteroatoms. The minimum absolute atomic E-state index is 0.231. The Balaban J connectivity index is 1.31. The first kappa shape index (κ1) is 23.3. The number of hydrogen-bond acceptors (Lipinski definition) is 10. The van der Waals surface area contributed by atoms with Gasteiger partial charge in [-0.2, -0.15) is 4.98 Å². The highest BCUT2D eigenvalue weighted by Gasteiger charge is 2.20. The average molecular weight is 483 g/mol. The fourth-order valence-electron chi connectivity index (χ4n) is 4.03. The third kappa shape index (κ3) is 5.99. The van der Waals surface area contributed by atoms with Crippen molar-refractivity contribution in [3.05, 3.63) is 42.2 Å². The highest BCUT2D eigenvalue weighted by atomic mass is 16.5. The first-order chi connectivity index (χ1) is 17.1. The second kappa shape index (κ2) is 10.9. The summed E-state index contributed by atoms with van der Waals surface area (Å²) in [5.74, 6) is 1.19. The Labute approximate surface area is 204 Å². The Morgan fingerprint density at radius 3 is 2.66 bits per heavy atom. The molecule has 1 amide bonds. The molecule has 4 heterocycles. The Kier molecular flexibility index (Phi) is 7.26. The van der Waals surface area contributed by atoms with Gasteiger partial charge in [-0.1, -0.05) is 6.58 Å². The van der Waals surface area contributed by atoms with Gasteiger partial charge < -0.3 is 34.5 Å². The molecule has 0 unspecified atom stereocenters. The topological polar surface area (TPSA) is 110 Å². The summed E-state index contributed by atoms with van der Waals surface area (Å²) in [7, 11) is 0. The molecule has 0 aliphatic carbocycles. The number of fused-ring (bicyclic) bond motifs is 1. The van der Waals surface area contributed by atoms with Gasteiger partial charge in [0.15, 0.2) is 0 Å². The second-order valence-corrected chi connectivity index (χ2v) is 8.48. The summed E-state index contributed by atoms with van der Waals surface area (Å²) in [6.07, 6.45) is 0. The number of nitrogens with zero attached hydrogens (tertiary/aromatic N) is 4. The van der Waals surface area contributed by atoms with Crippen molar-refractivity contribution >= 4 is 23.2 Å². The predicted molar refractivity (Wildman–Crippen MR) is 130 cm³/mol. The first-order valence-corrected chi connectivity index (χ1v) is 11.8. The fourth-order valence-corrected chi connectivity index (χ4v) is 4.03. The standard InChI is InChI=1S/C24H30N6O5/c1-17-16-35-21-3-2-18(14-19(21)25-17)26-23(31)20-15-22(34-13-6-29-4-9-32-10-5-29)28-24(27-20)30-7-11-33-12-8-30/h2-3,14-15,25H,1,4-13,16H2,(H,26,31). The SMILES string of the molecule is C=C1COc2ccc(NC(=O)c3cc(OCCN4CCOCC4)nc(N4CCOCC4)n3)cc2N1. The van der Waals surface area contributed by atoms with Crippen molar-refractivity contribution in [1.29, 1.82) is 0 Å². The summed E-state index contributed by atoms with van der Waals surface area (Å²) in [6.45, 7) is 11.2. The van der Waals surface area contributed by atoms with Crippen LogP contribution < -0.4 is 25.0 Å². The highest BCUT2D eigenvalue weighted by molar-refractivity contribution is 6.03. The van der Waals surface area contributed by atoms with E-state index < -0.39 is 0 Å². The van der Waals surface area contributed by atoms with Gasteiger partial charge in [-0.3, -0.25) is 9.69 Å². The number of carbonyl (C=O) groups is 1. The smallest absolute Gasteiger partial charge is 0.274 e. The van der Waals surface area contributed by atoms with E-state index in [1.807, 2.05) is 11.0 Å². The minimum Gasteiger partial charge on any atom is -0.485 e. The van der Waals surface area contributed by atoms with E-state index in [1.165, 1.54) is 0 Å². The molecule has 1 aromatic heterocycles. The van der Waals surface area contributed by atoms with E-state index >= 15 is 0 Å². The Bertz CT molecular complexity index is 1070. The number of anilines is 3. The molecule has 2 saturated heterocycles. The van der Waals surface area contributed by atoms with Crippen LogP contribution in [0.15, 0.2) is 36.5 Å². The summed E-state index contributed by atoms with van der Waals surface area (Å²) in [6, 6.07) is 6.99. The molecule has 5 rings (SSSR count). The van der Waals surface area contributed by atoms with E-state index in [1.54, 1.807) is 18.2 Å². The number of amides is 1. The zero-order chi connectivity index (χ0) is 24.0. The molecular formula is C24H30N6O5. The van der Waals surface area contributed by atoms with Gasteiger partial charge in [-0.15, -0.1) is 0 Å². The van der Waals surface area contributed by atoms with E-state index in [0.29, 0.717) is 62.8 Å². The van der Waals surface area contributed by atoms with Crippen molar-refractivity contribution in [2.24, 2.45) is 0 Å². The molecule has 0 radical (unpaired) electrons. The molecule has 2 fully saturated rings. The first-order valence-electron chi connectivity index (χ1n) is 11.8. The molecule has 2 aromatic rings. The van der Waals surface area contributed by atoms with Crippen LogP contribution in [-0.2, 0) is 9.47 Å². The summed E-state index contributed by atoms with van der Waals surface area (Å²) >= 11 is 0. The molecule has 2 N–H and O–H groups in total. The molecule has 3 aliphatic heterocycles. The van der Waals surface area contributed by atoms with Gasteiger partial charge in [0.1, 0.15) is 24.7 Å². The minimum atomic E-state index is -0.351. The Hall–Kier alpha value is -3.41. The Morgan fingerprint density at radius 1 is 1.09 bits per heavy atom. The number of morpholine rings is 2. The monoisotopic (exact) mass is 482 g/mol. The normalized spacial score (nSPS) is 18.3. The third-order valence-electron chi connectivity index (χ3n) is 5.93. The van der Waals surface area contributed by atoms with Gasteiger partial charge in [-0.25, -0.2) is 4.98 Å². The van der Waals surface area contributed by atoms with Crippen LogP contribution in [0.5, 0.6) is 11.6 Å². The molecule has 11 nitrogen and oxygen atoms in total. The van der Waals surface area contributed by atoms with E-state index in [9.17, 15) is 4.79 Å². The van der Waals surface area contributed by atoms with Gasteiger partial charge in [0.25, 0.3) is 5.91 Å². The van der Waals surface area contributed by atoms with Crippen LogP contribution in [0.3, 0.4) is 0 Å². The van der Waals surface area contributed by atoms with Gasteiger partial charge in [-0.05, 0) is 18.2 Å². The number of benzene rings is 1. The average Bonchev–Trinajstić information content (AvgIpc) is 2.89. The molecule has 0 saturated carbocycles. The van der Waals surface area contributed by atoms with E-state index in [-0.39, 0.29) is 11.6 Å². The molecule has 1 aromatic carbocycles. The summed E-state index contributed by atoms with van der Waals surface area (Å²) in [4.78, 5) is 26.6. The van der Waals surface area contributed by atoms with Crippen LogP contribution in [0.2, 0.25) is 0 Å². The molecule has 186 valence electrons. The maximum absolute atomic E-state index is 13.2. The summed E-state index contributed by atoms with van der Waals surface area (Å²) in [5.41, 5.74) is 2.35. The predicted octanol–water partition coefficient (Wildman–Crippen LogP) is 1.59. The van der Waals surface area contributed by atoms with Gasteiger partial charge in [0.2, 0.25) is 11.8 Å². The number of ether oxygens (including phenoxy) is 4. The van der Waals surface area contributed by atoms with Crippen molar-refractivity contribution in [2.75, 3.05) is 87.9 Å². The van der Waals surface area contributed by atoms with Crippen LogP contribution in [0.1, 0.15) is 10.5 Å². The highest BCUT2D eigenvalue weighted by Crippen LogP contribution is 2.32. The quantitative estimate of drug-likeness (QED) is 0.604. The zero-order valence-corrected chi connectivity index (χ0v) is 19.6. The number of nitrogens with one attached hydrogen (secondary N) is 2. The number of aromatic nitrogens is 2. The fraction of sp³-hybridized carbons (Fsp3) is 0.458. The van der Waals surface area contributed by atoms with E-state index in [2.05, 4.69) is 32.1 Å². The maximum atomic E-state index is 13.2. The zero-order valence-electron chi connectivity index (χ0n) is 19.6. The van der Waals surface area contributed by atoms with Gasteiger partial charge in [0.05, 0.1) is 32.1 Å². The van der Waals surface area contributed by atoms with Crippen molar-refractivity contribution in [3.63, 3.8) is 0 Å². The molecule has 3 aliphatic rings. The lowest BCUT2D eigenvalue weighted by molar-refractivity contribution is 0.0320. The Morgan fingerprint density at radius 2 is 1.86 bits per heavy atom. The molecule has 0 spiro atoms. The van der Waals surface area contributed by atoms with Crippen LogP contribution in [0, 0.1) is 0 Å². The van der Waals surface area contributed by atoms with Crippen molar-refractivity contribution in [2.45, 2.75) is 0 Å². The molecular weight excluding hydrogens is 452 g/mol. The molecule has 35 heavy (non-hydrogen) atoms. The maximum Gasteiger partial charge on any atom is 0.274 e. The summed E-state index contributed by atoms with van der Waals surface area (Å²) < 4.78 is 22.4. The number of hydrogen-bond donors (Lipinski definition) is 2. The van der Waals surface area contributed by atoms with Crippen molar-refractivity contribution < 1.29 is 23.7 Å². The molecule has 0 bridgehead atoms. The van der Waals surface area contributed by atoms with E-state index in [4.69, 9.17) is 18.9 Å². The number of rotatable bonds is 7. The van der Waals surface area contributed by atoms with Gasteiger partial charge in [0, 0.05) is 50.2 Å². The van der Waals surface area contributed by atoms with Crippen molar-refractivity contribution in [3.8, 4) is 11.6 Å². The third-order valence-corrected chi connectivity index (χ3v) is 5.93. The molecule has 0 atom stereocenters. The van der Waals surface area contributed by atoms with Crippen LogP contribution in [-0.4, -0.2) is 93.1 Å². The second-order valence-electron chi connectivity index (χ2n) is 8.48. The summed E-state index contributed by atoms with van der Waals surface area (Å²) in [5, 5.41) is 6.09. The van der Waals surface area contributed by atoms with Gasteiger partial charge >= 0.3 is 0 Å². The lowest BCUT2D eigenvalue weighted by Gasteiger charge is -2.27. The lowest BCUT2D eigenvalue weighted by atomic mass is 10.2. The van der Waals surface area contributed by atoms with Crippen LogP contribution >= 0.6 is 0 Å². The van der Waals surface area contributed by atoms with Crippen LogP contribution in [0.4, 0.5) is 17.3 Å². The van der Waals surface area contributed by atoms with Crippen LogP contribution in [0.25, 0.3) is 0 Å². The van der Waals surface area contributed by atoms with Crippen molar-refractivity contribution in [1.82, 2.24) is 14.9 Å². The van der Waals surface area contributed by atoms with E-state index in [0.717, 1.165) is 44.2 Å². The largest absolute Gasteiger partial charge is 0.485 e. The number of carbonyl (C=O) groups excluding carboxylic acids is 1.